The zero-order valence-corrected chi connectivity index (χ0v) is 27.9. The maximum Gasteiger partial charge on any atom is 0.407 e. The van der Waals surface area contributed by atoms with Crippen LogP contribution in [0.3, 0.4) is 0 Å². The number of nitro benzene ring substituents is 1. The molecule has 0 saturated carbocycles. The Kier molecular flexibility index (Phi) is 11.5. The number of carbonyl (C=O) groups is 1. The summed E-state index contributed by atoms with van der Waals surface area (Å²) in [6.45, 7) is 8.07. The lowest BCUT2D eigenvalue weighted by molar-refractivity contribution is -0.384. The summed E-state index contributed by atoms with van der Waals surface area (Å²) < 4.78 is 18.3. The summed E-state index contributed by atoms with van der Waals surface area (Å²) in [5.74, 6) is 0. The zero-order valence-electron chi connectivity index (χ0n) is 27.9. The van der Waals surface area contributed by atoms with E-state index < -0.39 is 12.4 Å². The summed E-state index contributed by atoms with van der Waals surface area (Å²) in [6, 6.07) is 30.7. The fraction of sp³-hybridized carbons (Fsp3) is 0.308. The summed E-state index contributed by atoms with van der Waals surface area (Å²) in [5, 5.41) is 23.4. The van der Waals surface area contributed by atoms with Crippen molar-refractivity contribution in [3.05, 3.63) is 142 Å². The third-order valence-corrected chi connectivity index (χ3v) is 9.14. The van der Waals surface area contributed by atoms with Crippen molar-refractivity contribution in [1.82, 2.24) is 10.2 Å². The monoisotopic (exact) mass is 678 g/mol. The standard InChI is InChI=1S/C39H42N4O7/c1-2-23-48-39(45)40-25-32-5-3-4-6-36(32)29-11-13-31(14-12-29)38-49-35(24-37(50-38)30-9-7-28(27-44)8-10-30)26-41-19-21-42(22-20-41)33-15-17-34(18-16-33)43(46)47/h2-18,35,37-38,44H,1,19-27H2,(H,40,45)/t35-,37+,38+/m0/s1. The highest BCUT2D eigenvalue weighted by atomic mass is 16.7. The van der Waals surface area contributed by atoms with E-state index in [1.807, 2.05) is 84.9 Å². The molecule has 2 aliphatic heterocycles. The van der Waals surface area contributed by atoms with Crippen LogP contribution in [0, 0.1) is 10.1 Å². The van der Waals surface area contributed by atoms with Gasteiger partial charge in [0.25, 0.3) is 5.69 Å². The number of benzene rings is 4. The summed E-state index contributed by atoms with van der Waals surface area (Å²) in [7, 11) is 0. The minimum Gasteiger partial charge on any atom is -0.445 e. The van der Waals surface area contributed by atoms with Crippen LogP contribution in [0.5, 0.6) is 0 Å². The fourth-order valence-electron chi connectivity index (χ4n) is 6.42. The normalized spacial score (nSPS) is 19.5. The molecule has 50 heavy (non-hydrogen) atoms. The van der Waals surface area contributed by atoms with E-state index >= 15 is 0 Å². The number of ether oxygens (including phenoxy) is 3. The van der Waals surface area contributed by atoms with Crippen LogP contribution in [0.2, 0.25) is 0 Å². The van der Waals surface area contributed by atoms with Gasteiger partial charge in [-0.2, -0.15) is 0 Å². The van der Waals surface area contributed by atoms with E-state index in [2.05, 4.69) is 21.7 Å². The molecule has 2 saturated heterocycles. The van der Waals surface area contributed by atoms with E-state index in [-0.39, 0.29) is 36.0 Å². The second kappa shape index (κ2) is 16.6. The Hall–Kier alpha value is -5.07. The molecule has 4 aromatic rings. The van der Waals surface area contributed by atoms with Crippen molar-refractivity contribution in [3.8, 4) is 11.1 Å². The van der Waals surface area contributed by atoms with Crippen molar-refractivity contribution in [2.75, 3.05) is 44.2 Å². The highest BCUT2D eigenvalue weighted by Gasteiger charge is 2.34. The summed E-state index contributed by atoms with van der Waals surface area (Å²) in [4.78, 5) is 27.4. The molecule has 6 rings (SSSR count). The van der Waals surface area contributed by atoms with Crippen LogP contribution < -0.4 is 10.2 Å². The average Bonchev–Trinajstić information content (AvgIpc) is 3.16. The number of hydrogen-bond donors (Lipinski definition) is 2. The fourth-order valence-corrected chi connectivity index (χ4v) is 6.42. The molecule has 0 unspecified atom stereocenters. The van der Waals surface area contributed by atoms with Gasteiger partial charge in [0.15, 0.2) is 6.29 Å². The summed E-state index contributed by atoms with van der Waals surface area (Å²) in [6.07, 6.45) is 0.852. The first-order valence-corrected chi connectivity index (χ1v) is 16.8. The van der Waals surface area contributed by atoms with Crippen LogP contribution >= 0.6 is 0 Å². The number of aliphatic hydroxyl groups is 1. The number of non-ortho nitro benzene ring substituents is 1. The number of rotatable bonds is 12. The minimum atomic E-state index is -0.580. The topological polar surface area (TPSA) is 127 Å². The van der Waals surface area contributed by atoms with E-state index in [4.69, 9.17) is 14.2 Å². The Morgan fingerprint density at radius 2 is 1.64 bits per heavy atom. The van der Waals surface area contributed by atoms with Gasteiger partial charge < -0.3 is 29.5 Å². The first kappa shape index (κ1) is 34.8. The Bertz CT molecular complexity index is 1740. The van der Waals surface area contributed by atoms with Gasteiger partial charge in [-0.1, -0.05) is 85.5 Å². The number of alkyl carbamates (subject to hydrolysis) is 1. The third kappa shape index (κ3) is 8.74. The van der Waals surface area contributed by atoms with Crippen LogP contribution in [-0.4, -0.2) is 66.5 Å². The van der Waals surface area contributed by atoms with Crippen LogP contribution in [0.4, 0.5) is 16.2 Å². The Labute approximate surface area is 291 Å². The Morgan fingerprint density at radius 1 is 0.940 bits per heavy atom. The van der Waals surface area contributed by atoms with Crippen LogP contribution in [-0.2, 0) is 27.4 Å². The molecule has 11 heteroatoms. The molecule has 3 atom stereocenters. The predicted octanol–water partition coefficient (Wildman–Crippen LogP) is 6.53. The molecule has 11 nitrogen and oxygen atoms in total. The number of hydrogen-bond acceptors (Lipinski definition) is 9. The van der Waals surface area contributed by atoms with Gasteiger partial charge in [-0.3, -0.25) is 15.0 Å². The van der Waals surface area contributed by atoms with E-state index in [0.29, 0.717) is 13.0 Å². The number of nitro groups is 1. The number of amides is 1. The van der Waals surface area contributed by atoms with Gasteiger partial charge in [-0.25, -0.2) is 4.79 Å². The highest BCUT2D eigenvalue weighted by molar-refractivity contribution is 5.70. The molecule has 2 aliphatic rings. The van der Waals surface area contributed by atoms with Crippen LogP contribution in [0.25, 0.3) is 11.1 Å². The van der Waals surface area contributed by atoms with E-state index in [1.54, 1.807) is 12.1 Å². The molecule has 1 amide bonds. The quantitative estimate of drug-likeness (QED) is 0.0977. The summed E-state index contributed by atoms with van der Waals surface area (Å²) >= 11 is 0. The van der Waals surface area contributed by atoms with E-state index in [1.165, 1.54) is 6.08 Å². The molecule has 0 aliphatic carbocycles. The number of anilines is 1. The lowest BCUT2D eigenvalue weighted by Gasteiger charge is -2.41. The number of aliphatic hydroxyl groups excluding tert-OH is 1. The molecule has 0 spiro atoms. The number of piperazine rings is 1. The van der Waals surface area contributed by atoms with Gasteiger partial charge in [0.2, 0.25) is 0 Å². The predicted molar refractivity (Wildman–Crippen MR) is 190 cm³/mol. The van der Waals surface area contributed by atoms with E-state index in [0.717, 1.165) is 71.8 Å². The van der Waals surface area contributed by atoms with Crippen molar-refractivity contribution >= 4 is 17.5 Å². The zero-order chi connectivity index (χ0) is 34.9. The maximum absolute atomic E-state index is 12.0. The maximum atomic E-state index is 12.0. The number of nitrogens with zero attached hydrogens (tertiary/aromatic N) is 3. The second-order valence-electron chi connectivity index (χ2n) is 12.4. The molecule has 2 N–H and O–H groups in total. The third-order valence-electron chi connectivity index (χ3n) is 9.14. The lowest BCUT2D eigenvalue weighted by atomic mass is 9.97. The first-order valence-electron chi connectivity index (χ1n) is 16.8. The molecule has 0 aromatic heterocycles. The van der Waals surface area contributed by atoms with E-state index in [9.17, 15) is 20.0 Å². The molecule has 0 bridgehead atoms. The lowest BCUT2D eigenvalue weighted by Crippen LogP contribution is -2.49. The van der Waals surface area contributed by atoms with Crippen molar-refractivity contribution < 1.29 is 29.0 Å². The van der Waals surface area contributed by atoms with Crippen molar-refractivity contribution in [2.24, 2.45) is 0 Å². The first-order chi connectivity index (χ1) is 24.4. The molecular weight excluding hydrogens is 636 g/mol. The minimum absolute atomic E-state index is 0.0169. The second-order valence-corrected chi connectivity index (χ2v) is 12.4. The molecule has 2 heterocycles. The van der Waals surface area contributed by atoms with Gasteiger partial charge in [0.05, 0.1) is 23.7 Å². The molecule has 0 radical (unpaired) electrons. The van der Waals surface area contributed by atoms with Gasteiger partial charge >= 0.3 is 6.09 Å². The SMILES string of the molecule is C=CCOC(=O)NCc1ccccc1-c1ccc([C@@H]2O[C@H](CN3CCN(c4ccc([N+](=O)[O-])cc4)CC3)C[C@H](c3ccc(CO)cc3)O2)cc1. The van der Waals surface area contributed by atoms with Crippen molar-refractivity contribution in [3.63, 3.8) is 0 Å². The van der Waals surface area contributed by atoms with Crippen molar-refractivity contribution in [1.29, 1.82) is 0 Å². The Morgan fingerprint density at radius 3 is 2.32 bits per heavy atom. The van der Waals surface area contributed by atoms with Crippen LogP contribution in [0.15, 0.2) is 110 Å². The Balaban J connectivity index is 1.14. The molecule has 2 fully saturated rings. The molecular formula is C39H42N4O7. The van der Waals surface area contributed by atoms with Crippen LogP contribution in [0.1, 0.15) is 41.1 Å². The summed E-state index contributed by atoms with van der Waals surface area (Å²) in [5.41, 5.74) is 6.82. The van der Waals surface area contributed by atoms with Crippen molar-refractivity contribution in [2.45, 2.75) is 38.1 Å². The highest BCUT2D eigenvalue weighted by Crippen LogP contribution is 2.39. The number of nitrogens with one attached hydrogen (secondary N) is 1. The molecule has 260 valence electrons. The average molecular weight is 679 g/mol. The smallest absolute Gasteiger partial charge is 0.407 e. The molecule has 4 aromatic carbocycles. The van der Waals surface area contributed by atoms with Gasteiger partial charge in [-0.15, -0.1) is 0 Å². The largest absolute Gasteiger partial charge is 0.445 e. The van der Waals surface area contributed by atoms with Gasteiger partial charge in [-0.05, 0) is 39.9 Å². The number of carbonyl (C=O) groups excluding carboxylic acids is 1. The van der Waals surface area contributed by atoms with Gasteiger partial charge in [0.1, 0.15) is 6.61 Å². The van der Waals surface area contributed by atoms with Gasteiger partial charge in [0, 0.05) is 69.1 Å².